The minimum absolute atomic E-state index is 0.155. The van der Waals surface area contributed by atoms with Gasteiger partial charge in [0.05, 0.1) is 0 Å². The van der Waals surface area contributed by atoms with Gasteiger partial charge < -0.3 is 14.7 Å². The molecule has 160 valence electrons. The number of rotatable bonds is 6. The summed E-state index contributed by atoms with van der Waals surface area (Å²) < 4.78 is 18.7. The summed E-state index contributed by atoms with van der Waals surface area (Å²) in [6.07, 6.45) is 1.49. The quantitative estimate of drug-likeness (QED) is 0.658. The van der Waals surface area contributed by atoms with Crippen LogP contribution in [0.4, 0.5) is 4.39 Å². The van der Waals surface area contributed by atoms with Gasteiger partial charge in [0.25, 0.3) is 0 Å². The van der Waals surface area contributed by atoms with Gasteiger partial charge >= 0.3 is 0 Å². The molecule has 0 bridgehead atoms. The average molecular weight is 421 g/mol. The molecule has 1 aliphatic heterocycles. The molecule has 31 heavy (non-hydrogen) atoms. The van der Waals surface area contributed by atoms with Gasteiger partial charge in [-0.15, -0.1) is 0 Å². The van der Waals surface area contributed by atoms with Crippen LogP contribution in [0.15, 0.2) is 65.2 Å². The minimum atomic E-state index is -1.04. The number of benzene rings is 2. The first-order valence-corrected chi connectivity index (χ1v) is 10.3. The summed E-state index contributed by atoms with van der Waals surface area (Å²) in [5.74, 6) is -0.187. The third kappa shape index (κ3) is 4.35. The van der Waals surface area contributed by atoms with E-state index in [1.165, 1.54) is 19.1 Å². The van der Waals surface area contributed by atoms with Gasteiger partial charge in [0.15, 0.2) is 0 Å². The highest BCUT2D eigenvalue weighted by atomic mass is 19.1. The van der Waals surface area contributed by atoms with Crippen LogP contribution in [-0.4, -0.2) is 34.0 Å². The maximum Gasteiger partial charge on any atom is 0.246 e. The summed E-state index contributed by atoms with van der Waals surface area (Å²) in [6.45, 7) is 2.24. The van der Waals surface area contributed by atoms with Gasteiger partial charge in [-0.05, 0) is 30.5 Å². The van der Waals surface area contributed by atoms with Gasteiger partial charge in [-0.25, -0.2) is 4.39 Å². The van der Waals surface area contributed by atoms with E-state index in [1.54, 1.807) is 17.0 Å². The molecule has 1 fully saturated rings. The Morgan fingerprint density at radius 3 is 2.61 bits per heavy atom. The second-order valence-electron chi connectivity index (χ2n) is 7.84. The fourth-order valence-electron chi connectivity index (χ4n) is 4.22. The summed E-state index contributed by atoms with van der Waals surface area (Å²) >= 11 is 0. The molecule has 3 aromatic rings. The van der Waals surface area contributed by atoms with Crippen molar-refractivity contribution in [1.29, 1.82) is 0 Å². The monoisotopic (exact) mass is 421 g/mol. The molecule has 1 N–H and O–H groups in total. The van der Waals surface area contributed by atoms with E-state index in [4.69, 9.17) is 4.52 Å². The smallest absolute Gasteiger partial charge is 0.246 e. The Hall–Kier alpha value is -3.48. The van der Waals surface area contributed by atoms with Gasteiger partial charge in [-0.1, -0.05) is 47.6 Å². The standard InChI is InChI=1S/C24H24FN3O3/c1-17(29)28-13-5-12-24(28,23(30)26-16-18-8-10-20(25)11-9-18)15-21-14-22(27-31-21)19-6-3-2-4-7-19/h2-4,6-11,14H,5,12-13,15-16H2,1H3,(H,26,30)/t24-/m0/s1. The molecule has 7 heteroatoms. The highest BCUT2D eigenvalue weighted by Gasteiger charge is 2.49. The van der Waals surface area contributed by atoms with Crippen molar-refractivity contribution < 1.29 is 18.5 Å². The zero-order valence-corrected chi connectivity index (χ0v) is 17.3. The number of aromatic nitrogens is 1. The van der Waals surface area contributed by atoms with Crippen molar-refractivity contribution in [3.63, 3.8) is 0 Å². The summed E-state index contributed by atoms with van der Waals surface area (Å²) in [7, 11) is 0. The molecule has 0 saturated carbocycles. The maximum atomic E-state index is 13.4. The summed E-state index contributed by atoms with van der Waals surface area (Å²) in [6, 6.07) is 17.4. The predicted octanol–water partition coefficient (Wildman–Crippen LogP) is 3.72. The molecule has 0 radical (unpaired) electrons. The lowest BCUT2D eigenvalue weighted by Gasteiger charge is -2.36. The Morgan fingerprint density at radius 2 is 1.90 bits per heavy atom. The molecule has 1 aliphatic rings. The largest absolute Gasteiger partial charge is 0.361 e. The second-order valence-corrected chi connectivity index (χ2v) is 7.84. The number of carbonyl (C=O) groups is 2. The van der Waals surface area contributed by atoms with Crippen LogP contribution in [0.5, 0.6) is 0 Å². The van der Waals surface area contributed by atoms with E-state index in [0.717, 1.165) is 17.5 Å². The molecule has 0 spiro atoms. The van der Waals surface area contributed by atoms with E-state index < -0.39 is 5.54 Å². The van der Waals surface area contributed by atoms with Crippen LogP contribution >= 0.6 is 0 Å². The molecule has 0 unspecified atom stereocenters. The SMILES string of the molecule is CC(=O)N1CCC[C@]1(Cc1cc(-c2ccccc2)no1)C(=O)NCc1ccc(F)cc1. The molecular weight excluding hydrogens is 397 g/mol. The molecule has 6 nitrogen and oxygen atoms in total. The van der Waals surface area contributed by atoms with Crippen LogP contribution in [0, 0.1) is 5.82 Å². The highest BCUT2D eigenvalue weighted by Crippen LogP contribution is 2.34. The van der Waals surface area contributed by atoms with E-state index in [-0.39, 0.29) is 30.6 Å². The van der Waals surface area contributed by atoms with E-state index in [0.29, 0.717) is 24.4 Å². The van der Waals surface area contributed by atoms with Crippen LogP contribution in [0.25, 0.3) is 11.3 Å². The van der Waals surface area contributed by atoms with E-state index >= 15 is 0 Å². The Labute approximate surface area is 180 Å². The number of amides is 2. The summed E-state index contributed by atoms with van der Waals surface area (Å²) in [5, 5.41) is 7.07. The highest BCUT2D eigenvalue weighted by molar-refractivity contribution is 5.91. The lowest BCUT2D eigenvalue weighted by Crippen LogP contribution is -2.58. The summed E-state index contributed by atoms with van der Waals surface area (Å²) in [5.41, 5.74) is 1.34. The molecule has 2 aromatic carbocycles. The molecular formula is C24H24FN3O3. The first kappa shape index (κ1) is 20.8. The molecule has 1 atom stereocenters. The number of nitrogens with zero attached hydrogens (tertiary/aromatic N) is 2. The van der Waals surface area contributed by atoms with Crippen molar-refractivity contribution >= 4 is 11.8 Å². The predicted molar refractivity (Wildman–Crippen MR) is 113 cm³/mol. The van der Waals surface area contributed by atoms with E-state index in [2.05, 4.69) is 10.5 Å². The number of carbonyl (C=O) groups excluding carboxylic acids is 2. The van der Waals surface area contributed by atoms with Crippen molar-refractivity contribution in [3.8, 4) is 11.3 Å². The molecule has 0 aliphatic carbocycles. The van der Waals surface area contributed by atoms with Crippen molar-refractivity contribution in [3.05, 3.63) is 77.8 Å². The van der Waals surface area contributed by atoms with Gasteiger partial charge in [0.1, 0.15) is 22.8 Å². The minimum Gasteiger partial charge on any atom is -0.361 e. The molecule has 2 amide bonds. The molecule has 1 saturated heterocycles. The van der Waals surface area contributed by atoms with Crippen molar-refractivity contribution in [2.24, 2.45) is 0 Å². The van der Waals surface area contributed by atoms with Crippen LogP contribution in [-0.2, 0) is 22.6 Å². The number of halogens is 1. The van der Waals surface area contributed by atoms with Crippen LogP contribution in [0.3, 0.4) is 0 Å². The lowest BCUT2D eigenvalue weighted by molar-refractivity contribution is -0.144. The van der Waals surface area contributed by atoms with Crippen LogP contribution < -0.4 is 5.32 Å². The fraction of sp³-hybridized carbons (Fsp3) is 0.292. The fourth-order valence-corrected chi connectivity index (χ4v) is 4.22. The Kier molecular flexibility index (Phi) is 5.84. The molecule has 4 rings (SSSR count). The normalized spacial score (nSPS) is 18.2. The zero-order chi connectivity index (χ0) is 21.8. The van der Waals surface area contributed by atoms with E-state index in [9.17, 15) is 14.0 Å². The Bertz CT molecular complexity index is 1070. The first-order chi connectivity index (χ1) is 15.0. The average Bonchev–Trinajstić information content (AvgIpc) is 3.42. The van der Waals surface area contributed by atoms with Gasteiger partial charge in [-0.2, -0.15) is 0 Å². The van der Waals surface area contributed by atoms with Gasteiger partial charge in [0.2, 0.25) is 11.8 Å². The van der Waals surface area contributed by atoms with Gasteiger partial charge in [-0.3, -0.25) is 9.59 Å². The van der Waals surface area contributed by atoms with Crippen molar-refractivity contribution in [2.75, 3.05) is 6.54 Å². The molecule has 2 heterocycles. The van der Waals surface area contributed by atoms with Crippen molar-refractivity contribution in [2.45, 2.75) is 38.3 Å². The second kappa shape index (κ2) is 8.71. The van der Waals surface area contributed by atoms with E-state index in [1.807, 2.05) is 36.4 Å². The number of hydrogen-bond donors (Lipinski definition) is 1. The maximum absolute atomic E-state index is 13.4. The topological polar surface area (TPSA) is 75.4 Å². The zero-order valence-electron chi connectivity index (χ0n) is 17.3. The lowest BCUT2D eigenvalue weighted by atomic mass is 9.89. The third-order valence-electron chi connectivity index (χ3n) is 5.75. The Balaban J connectivity index is 1.57. The number of nitrogens with one attached hydrogen (secondary N) is 1. The number of likely N-dealkylation sites (tertiary alicyclic amines) is 1. The van der Waals surface area contributed by atoms with Gasteiger partial charge in [0, 0.05) is 38.1 Å². The van der Waals surface area contributed by atoms with Crippen LogP contribution in [0.1, 0.15) is 31.1 Å². The first-order valence-electron chi connectivity index (χ1n) is 10.3. The summed E-state index contributed by atoms with van der Waals surface area (Å²) in [4.78, 5) is 27.3. The Morgan fingerprint density at radius 1 is 1.16 bits per heavy atom. The number of hydrogen-bond acceptors (Lipinski definition) is 4. The molecule has 1 aromatic heterocycles. The van der Waals surface area contributed by atoms with Crippen LogP contribution in [0.2, 0.25) is 0 Å². The third-order valence-corrected chi connectivity index (χ3v) is 5.75. The van der Waals surface area contributed by atoms with Crippen molar-refractivity contribution in [1.82, 2.24) is 15.4 Å².